The number of allylic oxidation sites excluding steroid dienone is 1. The molecule has 0 amide bonds. The molecule has 0 aromatic heterocycles. The van der Waals surface area contributed by atoms with Crippen LogP contribution in [0.4, 0.5) is 5.69 Å². The van der Waals surface area contributed by atoms with Gasteiger partial charge in [-0.15, -0.1) is 0 Å². The van der Waals surface area contributed by atoms with Crippen molar-refractivity contribution >= 4 is 50.6 Å². The molecule has 0 saturated heterocycles. The topological polar surface area (TPSA) is 29.1 Å². The van der Waals surface area contributed by atoms with Crippen LogP contribution in [0.3, 0.4) is 0 Å². The minimum absolute atomic E-state index is 0.109. The Morgan fingerprint density at radius 1 is 1.10 bits per heavy atom. The van der Waals surface area contributed by atoms with Gasteiger partial charge >= 0.3 is 0 Å². The average Bonchev–Trinajstić information content (AvgIpc) is 2.42. The smallest absolute Gasteiger partial charge is 0.187 e. The van der Waals surface area contributed by atoms with Gasteiger partial charge in [0.15, 0.2) is 5.78 Å². The Morgan fingerprint density at radius 2 is 1.80 bits per heavy atom. The molecule has 0 aliphatic rings. The number of hydrogen-bond donors (Lipinski definition) is 1. The van der Waals surface area contributed by atoms with Crippen LogP contribution < -0.4 is 5.32 Å². The van der Waals surface area contributed by atoms with E-state index in [0.717, 1.165) is 10.2 Å². The Bertz CT molecular complexity index is 653. The second-order valence-electron chi connectivity index (χ2n) is 3.97. The van der Waals surface area contributed by atoms with Crippen LogP contribution in [0.15, 0.2) is 59.2 Å². The molecule has 0 heterocycles. The highest BCUT2D eigenvalue weighted by Crippen LogP contribution is 2.25. The summed E-state index contributed by atoms with van der Waals surface area (Å²) in [5, 5.41) is 4.15. The van der Waals surface area contributed by atoms with Crippen molar-refractivity contribution in [2.24, 2.45) is 0 Å². The molecule has 0 spiro atoms. The van der Waals surface area contributed by atoms with E-state index in [1.165, 1.54) is 6.08 Å². The third-order valence-electron chi connectivity index (χ3n) is 2.53. The van der Waals surface area contributed by atoms with Crippen LogP contribution >= 0.6 is 39.1 Å². The lowest BCUT2D eigenvalue weighted by molar-refractivity contribution is 0.104. The summed E-state index contributed by atoms with van der Waals surface area (Å²) in [7, 11) is 0. The summed E-state index contributed by atoms with van der Waals surface area (Å²) in [6.45, 7) is 0. The van der Waals surface area contributed by atoms with E-state index < -0.39 is 0 Å². The first kappa shape index (κ1) is 15.1. The number of hydrogen-bond acceptors (Lipinski definition) is 2. The zero-order chi connectivity index (χ0) is 14.5. The minimum Gasteiger partial charge on any atom is -0.360 e. The third kappa shape index (κ3) is 4.10. The van der Waals surface area contributed by atoms with Crippen LogP contribution in [0.2, 0.25) is 10.0 Å². The molecule has 0 aliphatic heterocycles. The number of benzene rings is 2. The largest absolute Gasteiger partial charge is 0.360 e. The van der Waals surface area contributed by atoms with Crippen LogP contribution in [0, 0.1) is 0 Å². The van der Waals surface area contributed by atoms with Crippen LogP contribution in [0.1, 0.15) is 10.4 Å². The Labute approximate surface area is 135 Å². The van der Waals surface area contributed by atoms with E-state index in [1.807, 2.05) is 12.1 Å². The van der Waals surface area contributed by atoms with Gasteiger partial charge in [-0.1, -0.05) is 39.1 Å². The summed E-state index contributed by atoms with van der Waals surface area (Å²) < 4.78 is 0.897. The summed E-state index contributed by atoms with van der Waals surface area (Å²) in [6.07, 6.45) is 3.01. The lowest BCUT2D eigenvalue weighted by Crippen LogP contribution is -1.96. The molecule has 0 radical (unpaired) electrons. The van der Waals surface area contributed by atoms with Gasteiger partial charge in [0.1, 0.15) is 0 Å². The van der Waals surface area contributed by atoms with E-state index in [-0.39, 0.29) is 5.78 Å². The van der Waals surface area contributed by atoms with Crippen LogP contribution in [-0.4, -0.2) is 5.78 Å². The molecule has 0 saturated carbocycles. The number of rotatable bonds is 4. The Hall–Kier alpha value is -1.29. The fourth-order valence-electron chi connectivity index (χ4n) is 1.52. The molecule has 0 aliphatic carbocycles. The molecule has 0 atom stereocenters. The van der Waals surface area contributed by atoms with Crippen LogP contribution in [-0.2, 0) is 0 Å². The fourth-order valence-corrected chi connectivity index (χ4v) is 2.38. The van der Waals surface area contributed by atoms with E-state index in [4.69, 9.17) is 23.2 Å². The molecule has 0 unspecified atom stereocenters. The van der Waals surface area contributed by atoms with Crippen LogP contribution in [0.5, 0.6) is 0 Å². The van der Waals surface area contributed by atoms with E-state index in [1.54, 1.807) is 36.5 Å². The maximum atomic E-state index is 11.9. The first-order valence-corrected chi connectivity index (χ1v) is 7.29. The van der Waals surface area contributed by atoms with Crippen LogP contribution in [0.25, 0.3) is 0 Å². The molecule has 2 aromatic rings. The van der Waals surface area contributed by atoms with E-state index >= 15 is 0 Å². The highest BCUT2D eigenvalue weighted by Gasteiger charge is 2.02. The van der Waals surface area contributed by atoms with E-state index in [2.05, 4.69) is 21.2 Å². The van der Waals surface area contributed by atoms with Gasteiger partial charge in [-0.2, -0.15) is 0 Å². The summed E-state index contributed by atoms with van der Waals surface area (Å²) >= 11 is 15.2. The molecule has 20 heavy (non-hydrogen) atoms. The highest BCUT2D eigenvalue weighted by molar-refractivity contribution is 9.10. The summed E-state index contributed by atoms with van der Waals surface area (Å²) in [5.74, 6) is -0.109. The summed E-state index contributed by atoms with van der Waals surface area (Å²) in [4.78, 5) is 11.9. The Balaban J connectivity index is 2.02. The zero-order valence-electron chi connectivity index (χ0n) is 10.2. The summed E-state index contributed by atoms with van der Waals surface area (Å²) in [5.41, 5.74) is 1.31. The minimum atomic E-state index is -0.109. The summed E-state index contributed by atoms with van der Waals surface area (Å²) in [6, 6.07) is 12.2. The van der Waals surface area contributed by atoms with Gasteiger partial charge in [0.25, 0.3) is 0 Å². The maximum absolute atomic E-state index is 11.9. The molecule has 102 valence electrons. The highest BCUT2D eigenvalue weighted by atomic mass is 79.9. The number of ketones is 1. The van der Waals surface area contributed by atoms with Gasteiger partial charge < -0.3 is 5.32 Å². The molecular formula is C15H10BrCl2NO. The first-order chi connectivity index (χ1) is 9.56. The zero-order valence-corrected chi connectivity index (χ0v) is 13.3. The molecule has 1 N–H and O–H groups in total. The van der Waals surface area contributed by atoms with E-state index in [9.17, 15) is 4.79 Å². The normalized spacial score (nSPS) is 10.8. The second kappa shape index (κ2) is 6.93. The lowest BCUT2D eigenvalue weighted by Gasteiger charge is -2.03. The van der Waals surface area contributed by atoms with Gasteiger partial charge in [-0.25, -0.2) is 0 Å². The first-order valence-electron chi connectivity index (χ1n) is 5.74. The molecule has 2 rings (SSSR count). The monoisotopic (exact) mass is 369 g/mol. The number of carbonyl (C=O) groups is 1. The number of carbonyl (C=O) groups excluding carboxylic acids is 1. The van der Waals surface area contributed by atoms with Crippen molar-refractivity contribution in [1.29, 1.82) is 0 Å². The van der Waals surface area contributed by atoms with Crippen molar-refractivity contribution < 1.29 is 4.79 Å². The van der Waals surface area contributed by atoms with Crippen molar-refractivity contribution in [3.05, 3.63) is 74.8 Å². The fraction of sp³-hybridized carbons (Fsp3) is 0. The number of nitrogens with one attached hydrogen (secondary N) is 1. The number of halogens is 3. The Morgan fingerprint density at radius 3 is 2.45 bits per heavy atom. The van der Waals surface area contributed by atoms with Gasteiger partial charge in [0.2, 0.25) is 0 Å². The molecule has 2 aromatic carbocycles. The second-order valence-corrected chi connectivity index (χ2v) is 5.73. The molecular weight excluding hydrogens is 361 g/mol. The lowest BCUT2D eigenvalue weighted by atomic mass is 10.1. The van der Waals surface area contributed by atoms with Gasteiger partial charge in [0, 0.05) is 27.3 Å². The van der Waals surface area contributed by atoms with Crippen molar-refractivity contribution in [3.8, 4) is 0 Å². The van der Waals surface area contributed by atoms with Gasteiger partial charge in [0.05, 0.1) is 10.7 Å². The van der Waals surface area contributed by atoms with Crippen molar-refractivity contribution in [3.63, 3.8) is 0 Å². The quantitative estimate of drug-likeness (QED) is 0.563. The predicted molar refractivity (Wildman–Crippen MR) is 87.7 cm³/mol. The standard InChI is InChI=1S/C15H10BrCl2NO/c16-11-3-6-14(13(18)9-11)19-8-7-15(20)10-1-4-12(17)5-2-10/h1-9,19H. The SMILES string of the molecule is O=C(C=CNc1ccc(Br)cc1Cl)c1ccc(Cl)cc1. The molecule has 0 bridgehead atoms. The van der Waals surface area contributed by atoms with Crippen molar-refractivity contribution in [2.45, 2.75) is 0 Å². The average molecular weight is 371 g/mol. The van der Waals surface area contributed by atoms with Crippen molar-refractivity contribution in [2.75, 3.05) is 5.32 Å². The molecule has 0 fully saturated rings. The van der Waals surface area contributed by atoms with E-state index in [0.29, 0.717) is 15.6 Å². The number of anilines is 1. The molecule has 2 nitrogen and oxygen atoms in total. The van der Waals surface area contributed by atoms with Crippen molar-refractivity contribution in [1.82, 2.24) is 0 Å². The maximum Gasteiger partial charge on any atom is 0.187 e. The molecule has 5 heteroatoms. The van der Waals surface area contributed by atoms with Gasteiger partial charge in [-0.3, -0.25) is 4.79 Å². The predicted octanol–water partition coefficient (Wildman–Crippen LogP) is 5.56. The Kier molecular flexibility index (Phi) is 5.24. The van der Waals surface area contributed by atoms with Gasteiger partial charge in [-0.05, 0) is 42.5 Å². The third-order valence-corrected chi connectivity index (χ3v) is 3.59.